The van der Waals surface area contributed by atoms with Gasteiger partial charge in [-0.05, 0) is 76.1 Å². The van der Waals surface area contributed by atoms with E-state index in [9.17, 15) is 0 Å². The quantitative estimate of drug-likeness (QED) is 0.180. The molecule has 0 fully saturated rings. The molecule has 8 aromatic rings. The Bertz CT molecular complexity index is 2080. The van der Waals surface area contributed by atoms with Crippen molar-refractivity contribution in [3.63, 3.8) is 0 Å². The first-order valence-electron chi connectivity index (χ1n) is 12.5. The van der Waals surface area contributed by atoms with Crippen LogP contribution in [0.2, 0.25) is 0 Å². The Balaban J connectivity index is 1.66. The van der Waals surface area contributed by atoms with Gasteiger partial charge in [0.2, 0.25) is 0 Å². The minimum Gasteiger partial charge on any atom is -0.0622 e. The third kappa shape index (κ3) is 2.59. The van der Waals surface area contributed by atoms with E-state index in [-0.39, 0.29) is 0 Å². The summed E-state index contributed by atoms with van der Waals surface area (Å²) in [5.74, 6) is 0. The highest BCUT2D eigenvalue weighted by molar-refractivity contribution is 6.40. The molecule has 0 saturated carbocycles. The Morgan fingerprint density at radius 1 is 0.278 bits per heavy atom. The molecule has 0 N–H and O–H groups in total. The third-order valence-electron chi connectivity index (χ3n) is 7.79. The van der Waals surface area contributed by atoms with E-state index < -0.39 is 0 Å². The topological polar surface area (TPSA) is 0 Å². The first-order chi connectivity index (χ1) is 17.9. The van der Waals surface area contributed by atoms with Gasteiger partial charge in [0.25, 0.3) is 0 Å². The van der Waals surface area contributed by atoms with Gasteiger partial charge >= 0.3 is 0 Å². The van der Waals surface area contributed by atoms with Crippen LogP contribution in [0.15, 0.2) is 133 Å². The smallest absolute Gasteiger partial charge is 0.00137 e. The molecule has 0 heteroatoms. The second-order valence-electron chi connectivity index (χ2n) is 9.64. The van der Waals surface area contributed by atoms with Crippen LogP contribution >= 0.6 is 0 Å². The number of hydrogen-bond donors (Lipinski definition) is 0. The molecule has 166 valence electrons. The molecule has 8 rings (SSSR count). The molecule has 0 heterocycles. The Kier molecular flexibility index (Phi) is 4.03. The van der Waals surface area contributed by atoms with E-state index in [1.807, 2.05) is 0 Å². The first-order valence-corrected chi connectivity index (χ1v) is 12.5. The van der Waals surface area contributed by atoms with Crippen LogP contribution in [-0.4, -0.2) is 0 Å². The summed E-state index contributed by atoms with van der Waals surface area (Å²) in [6.45, 7) is 0. The second-order valence-corrected chi connectivity index (χ2v) is 9.64. The number of fused-ring (bicyclic) bond motifs is 4. The molecule has 0 atom stereocenters. The zero-order chi connectivity index (χ0) is 23.6. The van der Waals surface area contributed by atoms with Crippen molar-refractivity contribution in [2.24, 2.45) is 0 Å². The summed E-state index contributed by atoms with van der Waals surface area (Å²) < 4.78 is 0. The van der Waals surface area contributed by atoms with Crippen molar-refractivity contribution >= 4 is 53.9 Å². The van der Waals surface area contributed by atoms with Crippen LogP contribution in [0.4, 0.5) is 0 Å². The minimum absolute atomic E-state index is 1.24. The summed E-state index contributed by atoms with van der Waals surface area (Å²) in [6.07, 6.45) is 0. The molecule has 0 saturated heterocycles. The average molecular weight is 455 g/mol. The first kappa shape index (κ1) is 19.6. The molecular weight excluding hydrogens is 432 g/mol. The van der Waals surface area contributed by atoms with E-state index in [1.165, 1.54) is 76.1 Å². The lowest BCUT2D eigenvalue weighted by atomic mass is 9.82. The Morgan fingerprint density at radius 2 is 0.778 bits per heavy atom. The zero-order valence-corrected chi connectivity index (χ0v) is 19.7. The minimum atomic E-state index is 1.24. The third-order valence-corrected chi connectivity index (χ3v) is 7.79. The fourth-order valence-electron chi connectivity index (χ4n) is 6.37. The largest absolute Gasteiger partial charge is 0.0622 e. The fraction of sp³-hybridized carbons (Fsp3) is 0. The van der Waals surface area contributed by atoms with E-state index >= 15 is 0 Å². The molecule has 0 aliphatic heterocycles. The molecule has 0 bridgehead atoms. The summed E-state index contributed by atoms with van der Waals surface area (Å²) in [5.41, 5.74) is 5.10. The molecule has 0 aromatic heterocycles. The van der Waals surface area contributed by atoms with E-state index in [0.717, 1.165) is 0 Å². The molecule has 0 unspecified atom stereocenters. The van der Waals surface area contributed by atoms with Crippen molar-refractivity contribution in [2.45, 2.75) is 0 Å². The van der Waals surface area contributed by atoms with E-state index in [1.54, 1.807) is 0 Å². The van der Waals surface area contributed by atoms with Crippen LogP contribution < -0.4 is 0 Å². The SMILES string of the molecule is c1ccc(-c2ccccc2-c2c3ccccc3c3c4cccc5cccc(c6cccc2c63)c54)cc1. The van der Waals surface area contributed by atoms with Gasteiger partial charge < -0.3 is 0 Å². The molecule has 0 radical (unpaired) electrons. The lowest BCUT2D eigenvalue weighted by molar-refractivity contribution is 1.61. The summed E-state index contributed by atoms with van der Waals surface area (Å²) in [4.78, 5) is 0. The summed E-state index contributed by atoms with van der Waals surface area (Å²) in [5, 5.41) is 13.3. The van der Waals surface area contributed by atoms with Crippen LogP contribution in [0, 0.1) is 0 Å². The molecule has 0 spiro atoms. The van der Waals surface area contributed by atoms with Crippen LogP contribution in [0.25, 0.3) is 76.1 Å². The van der Waals surface area contributed by atoms with E-state index in [2.05, 4.69) is 133 Å². The van der Waals surface area contributed by atoms with Crippen molar-refractivity contribution in [1.29, 1.82) is 0 Å². The molecule has 8 aromatic carbocycles. The lowest BCUT2D eigenvalue weighted by Gasteiger charge is -2.21. The molecule has 0 amide bonds. The lowest BCUT2D eigenvalue weighted by Crippen LogP contribution is -1.93. The molecule has 0 nitrogen and oxygen atoms in total. The highest BCUT2D eigenvalue weighted by Gasteiger charge is 2.20. The van der Waals surface area contributed by atoms with Crippen LogP contribution in [-0.2, 0) is 0 Å². The van der Waals surface area contributed by atoms with Gasteiger partial charge in [0.15, 0.2) is 0 Å². The number of benzene rings is 8. The normalized spacial score (nSPS) is 11.9. The maximum Gasteiger partial charge on any atom is -0.00137 e. The number of rotatable bonds is 2. The molecule has 36 heavy (non-hydrogen) atoms. The zero-order valence-electron chi connectivity index (χ0n) is 19.7. The maximum atomic E-state index is 2.32. The van der Waals surface area contributed by atoms with Crippen molar-refractivity contribution in [2.75, 3.05) is 0 Å². The standard InChI is InChI=1S/C36H22/c1-2-11-23(12-3-1)25-15-4-5-16-26(25)34-28-17-6-7-18-29(28)35-31-21-9-14-24-13-8-19-27(33(24)31)30-20-10-22-32(34)36(30)35/h1-22H. The van der Waals surface area contributed by atoms with Crippen LogP contribution in [0.5, 0.6) is 0 Å². The summed E-state index contributed by atoms with van der Waals surface area (Å²) in [6, 6.07) is 48.9. The van der Waals surface area contributed by atoms with Gasteiger partial charge in [-0.15, -0.1) is 0 Å². The maximum absolute atomic E-state index is 2.32. The second kappa shape index (κ2) is 7.41. The van der Waals surface area contributed by atoms with Crippen molar-refractivity contribution in [1.82, 2.24) is 0 Å². The van der Waals surface area contributed by atoms with E-state index in [4.69, 9.17) is 0 Å². The van der Waals surface area contributed by atoms with E-state index in [0.29, 0.717) is 0 Å². The summed E-state index contributed by atoms with van der Waals surface area (Å²) >= 11 is 0. The molecule has 0 aliphatic rings. The van der Waals surface area contributed by atoms with Gasteiger partial charge in [-0.2, -0.15) is 0 Å². The number of hydrogen-bond acceptors (Lipinski definition) is 0. The van der Waals surface area contributed by atoms with Gasteiger partial charge in [0.1, 0.15) is 0 Å². The Morgan fingerprint density at radius 3 is 1.58 bits per heavy atom. The molecular formula is C36H22. The monoisotopic (exact) mass is 454 g/mol. The van der Waals surface area contributed by atoms with Gasteiger partial charge in [0, 0.05) is 0 Å². The van der Waals surface area contributed by atoms with Gasteiger partial charge in [-0.1, -0.05) is 133 Å². The summed E-state index contributed by atoms with van der Waals surface area (Å²) in [7, 11) is 0. The Labute approximate surface area is 209 Å². The van der Waals surface area contributed by atoms with Crippen LogP contribution in [0.1, 0.15) is 0 Å². The van der Waals surface area contributed by atoms with Gasteiger partial charge in [-0.3, -0.25) is 0 Å². The van der Waals surface area contributed by atoms with Gasteiger partial charge in [-0.25, -0.2) is 0 Å². The highest BCUT2D eigenvalue weighted by atomic mass is 14.2. The predicted octanol–water partition coefficient (Wildman–Crippen LogP) is 10.2. The molecule has 0 aliphatic carbocycles. The highest BCUT2D eigenvalue weighted by Crippen LogP contribution is 2.48. The van der Waals surface area contributed by atoms with Crippen molar-refractivity contribution in [3.8, 4) is 22.3 Å². The van der Waals surface area contributed by atoms with Crippen molar-refractivity contribution < 1.29 is 0 Å². The Hall–Kier alpha value is -4.68. The average Bonchev–Trinajstić information content (AvgIpc) is 2.95. The predicted molar refractivity (Wildman–Crippen MR) is 156 cm³/mol. The van der Waals surface area contributed by atoms with Crippen molar-refractivity contribution in [3.05, 3.63) is 133 Å². The fourth-order valence-corrected chi connectivity index (χ4v) is 6.37. The van der Waals surface area contributed by atoms with Gasteiger partial charge in [0.05, 0.1) is 0 Å². The van der Waals surface area contributed by atoms with Crippen LogP contribution in [0.3, 0.4) is 0 Å².